The van der Waals surface area contributed by atoms with Gasteiger partial charge in [-0.25, -0.2) is 0 Å². The molecule has 0 aromatic carbocycles. The number of ether oxygens (including phenoxy) is 2. The largest absolute Gasteiger partial charge is 0.379 e. The van der Waals surface area contributed by atoms with Crippen molar-refractivity contribution in [2.45, 2.75) is 180 Å². The third-order valence-electron chi connectivity index (χ3n) is 7.81. The molecule has 245 valence electrons. The zero-order valence-electron chi connectivity index (χ0n) is 28.5. The van der Waals surface area contributed by atoms with Gasteiger partial charge in [0.25, 0.3) is 0 Å². The summed E-state index contributed by atoms with van der Waals surface area (Å²) >= 11 is 0. The Labute approximate surface area is 264 Å². The van der Waals surface area contributed by atoms with Crippen LogP contribution in [0.25, 0.3) is 0 Å². The van der Waals surface area contributed by atoms with E-state index in [-0.39, 0.29) is 6.10 Å². The number of rotatable bonds is 34. The molecule has 0 aliphatic carbocycles. The maximum Gasteiger partial charge on any atom is 0.0808 e. The van der Waals surface area contributed by atoms with Crippen molar-refractivity contribution in [1.29, 1.82) is 0 Å². The number of hydrogen-bond acceptors (Lipinski definition) is 2. The van der Waals surface area contributed by atoms with Gasteiger partial charge < -0.3 is 9.47 Å². The molecule has 1 radical (unpaired) electrons. The van der Waals surface area contributed by atoms with Crippen LogP contribution in [-0.4, -0.2) is 25.9 Å². The topological polar surface area (TPSA) is 18.5 Å². The highest BCUT2D eigenvalue weighted by Crippen LogP contribution is 2.11. The van der Waals surface area contributed by atoms with E-state index < -0.39 is 0 Å². The molecule has 0 aliphatic heterocycles. The molecule has 2 heteroatoms. The minimum Gasteiger partial charge on any atom is -0.379 e. The predicted molar refractivity (Wildman–Crippen MR) is 189 cm³/mol. The van der Waals surface area contributed by atoms with Crippen LogP contribution in [0.1, 0.15) is 174 Å². The van der Waals surface area contributed by atoms with Crippen LogP contribution in [-0.2, 0) is 9.47 Å². The van der Waals surface area contributed by atoms with Gasteiger partial charge in [0.1, 0.15) is 0 Å². The van der Waals surface area contributed by atoms with E-state index in [4.69, 9.17) is 9.47 Å². The first-order valence-corrected chi connectivity index (χ1v) is 18.4. The molecule has 0 aromatic heterocycles. The summed E-state index contributed by atoms with van der Waals surface area (Å²) < 4.78 is 11.9. The van der Waals surface area contributed by atoms with Crippen molar-refractivity contribution in [2.24, 2.45) is 0 Å². The van der Waals surface area contributed by atoms with Crippen LogP contribution in [0.4, 0.5) is 0 Å². The van der Waals surface area contributed by atoms with Gasteiger partial charge >= 0.3 is 0 Å². The van der Waals surface area contributed by atoms with E-state index in [9.17, 15) is 0 Å². The van der Waals surface area contributed by atoms with Crippen molar-refractivity contribution in [1.82, 2.24) is 0 Å². The second kappa shape index (κ2) is 37.9. The van der Waals surface area contributed by atoms with E-state index in [0.717, 1.165) is 38.9 Å². The Balaban J connectivity index is 3.38. The van der Waals surface area contributed by atoms with Crippen LogP contribution >= 0.6 is 0 Å². The van der Waals surface area contributed by atoms with Crippen molar-refractivity contribution in [3.63, 3.8) is 0 Å². The highest BCUT2D eigenvalue weighted by atomic mass is 16.5. The summed E-state index contributed by atoms with van der Waals surface area (Å²) in [6, 6.07) is 0. The molecule has 0 saturated heterocycles. The molecule has 2 nitrogen and oxygen atoms in total. The molecule has 0 aliphatic rings. The Hall–Kier alpha value is -1.12. The fourth-order valence-corrected chi connectivity index (χ4v) is 4.96. The predicted octanol–water partition coefficient (Wildman–Crippen LogP) is 13.2. The molecule has 0 amide bonds. The molecule has 0 unspecified atom stereocenters. The van der Waals surface area contributed by atoms with Gasteiger partial charge in [-0.15, -0.1) is 0 Å². The van der Waals surface area contributed by atoms with Crippen molar-refractivity contribution >= 4 is 0 Å². The van der Waals surface area contributed by atoms with Gasteiger partial charge in [0.05, 0.1) is 12.7 Å². The lowest BCUT2D eigenvalue weighted by Gasteiger charge is -2.16. The first-order valence-electron chi connectivity index (χ1n) is 18.4. The van der Waals surface area contributed by atoms with Crippen molar-refractivity contribution in [2.75, 3.05) is 19.8 Å². The molecule has 0 heterocycles. The molecule has 0 bridgehead atoms. The van der Waals surface area contributed by atoms with E-state index in [1.54, 1.807) is 0 Å². The van der Waals surface area contributed by atoms with Crippen LogP contribution in [0.3, 0.4) is 0 Å². The van der Waals surface area contributed by atoms with Gasteiger partial charge in [0.15, 0.2) is 0 Å². The molecule has 0 saturated carbocycles. The van der Waals surface area contributed by atoms with Crippen LogP contribution < -0.4 is 0 Å². The lowest BCUT2D eigenvalue weighted by atomic mass is 10.1. The molecule has 0 rings (SSSR count). The van der Waals surface area contributed by atoms with E-state index in [0.29, 0.717) is 6.61 Å². The van der Waals surface area contributed by atoms with Crippen molar-refractivity contribution in [3.05, 3.63) is 55.5 Å². The minimum atomic E-state index is 0.160. The van der Waals surface area contributed by atoms with Gasteiger partial charge in [-0.1, -0.05) is 146 Å². The number of hydrogen-bond donors (Lipinski definition) is 0. The zero-order valence-corrected chi connectivity index (χ0v) is 28.5. The Morgan fingerprint density at radius 3 is 1.26 bits per heavy atom. The van der Waals surface area contributed by atoms with Crippen molar-refractivity contribution in [3.8, 4) is 0 Å². The van der Waals surface area contributed by atoms with Crippen molar-refractivity contribution < 1.29 is 9.47 Å². The molecule has 0 fully saturated rings. The number of allylic oxidation sites excluding steroid dienone is 8. The third kappa shape index (κ3) is 35.1. The minimum absolute atomic E-state index is 0.160. The summed E-state index contributed by atoms with van der Waals surface area (Å²) in [5.41, 5.74) is 0. The van der Waals surface area contributed by atoms with Crippen LogP contribution in [0, 0.1) is 6.92 Å². The maximum absolute atomic E-state index is 6.03. The summed E-state index contributed by atoms with van der Waals surface area (Å²) in [4.78, 5) is 0. The van der Waals surface area contributed by atoms with E-state index in [1.807, 2.05) is 0 Å². The highest BCUT2D eigenvalue weighted by Gasteiger charge is 2.06. The van der Waals surface area contributed by atoms with Gasteiger partial charge in [0.2, 0.25) is 0 Å². The monoisotopic (exact) mass is 586 g/mol. The lowest BCUT2D eigenvalue weighted by molar-refractivity contribution is -0.0171. The van der Waals surface area contributed by atoms with Gasteiger partial charge in [-0.2, -0.15) is 0 Å². The molecule has 0 spiro atoms. The summed E-state index contributed by atoms with van der Waals surface area (Å²) in [5, 5.41) is 0. The Morgan fingerprint density at radius 1 is 0.452 bits per heavy atom. The fourth-order valence-electron chi connectivity index (χ4n) is 4.96. The standard InChI is InChI=1S/C40H73O2/c1-4-7-9-11-13-15-17-19-21-23-25-27-29-31-33-35-37-41-39-40(6-3)42-38-36-34-32-30-28-26-24-22-20-18-16-14-12-10-8-5-2/h13-16,19-22,40H,3-12,17-18,23-39H2,1-2H3/b15-13-,16-14-,21-19-,22-20-/t40-/m0/s1. The molecule has 0 aromatic rings. The average molecular weight is 586 g/mol. The van der Waals surface area contributed by atoms with Crippen LogP contribution in [0.15, 0.2) is 48.6 Å². The maximum atomic E-state index is 6.03. The van der Waals surface area contributed by atoms with Gasteiger partial charge in [-0.3, -0.25) is 0 Å². The molecular weight excluding hydrogens is 512 g/mol. The summed E-state index contributed by atoms with van der Waals surface area (Å²) in [5.74, 6) is 0. The third-order valence-corrected chi connectivity index (χ3v) is 7.81. The normalized spacial score (nSPS) is 13.1. The Kier molecular flexibility index (Phi) is 36.9. The Morgan fingerprint density at radius 2 is 0.833 bits per heavy atom. The highest BCUT2D eigenvalue weighted by molar-refractivity contribution is 4.93. The molecule has 42 heavy (non-hydrogen) atoms. The van der Waals surface area contributed by atoms with E-state index in [1.165, 1.54) is 135 Å². The summed E-state index contributed by atoms with van der Waals surface area (Å²) in [7, 11) is 0. The van der Waals surface area contributed by atoms with Crippen LogP contribution in [0.5, 0.6) is 0 Å². The van der Waals surface area contributed by atoms with E-state index in [2.05, 4.69) is 69.4 Å². The summed E-state index contributed by atoms with van der Waals surface area (Å²) in [6.45, 7) is 11.0. The molecular formula is C40H73O2. The molecule has 0 N–H and O–H groups in total. The zero-order chi connectivity index (χ0) is 30.4. The first-order chi connectivity index (χ1) is 20.8. The SMILES string of the molecule is [CH2]C[C@@H](COCCCCCCCC/C=C\C/C=C\CCCCC)OCCCCCCCC/C=C\C/C=C\CCCCC. The van der Waals surface area contributed by atoms with Crippen LogP contribution in [0.2, 0.25) is 0 Å². The fraction of sp³-hybridized carbons (Fsp3) is 0.775. The Bertz CT molecular complexity index is 603. The van der Waals surface area contributed by atoms with Gasteiger partial charge in [-0.05, 0) is 83.5 Å². The second-order valence-corrected chi connectivity index (χ2v) is 12.0. The summed E-state index contributed by atoms with van der Waals surface area (Å²) in [6.07, 6.45) is 50.4. The quantitative estimate of drug-likeness (QED) is 0.0552. The lowest BCUT2D eigenvalue weighted by Crippen LogP contribution is -2.20. The van der Waals surface area contributed by atoms with Gasteiger partial charge in [0, 0.05) is 13.2 Å². The van der Waals surface area contributed by atoms with E-state index >= 15 is 0 Å². The number of unbranched alkanes of at least 4 members (excludes halogenated alkanes) is 18. The average Bonchev–Trinajstić information content (AvgIpc) is 3.00. The smallest absolute Gasteiger partial charge is 0.0808 e. The second-order valence-electron chi connectivity index (χ2n) is 12.0. The molecule has 1 atom stereocenters. The first kappa shape index (κ1) is 40.9.